The summed E-state index contributed by atoms with van der Waals surface area (Å²) >= 11 is 5.81. The minimum atomic E-state index is -0.735. The zero-order valence-corrected chi connectivity index (χ0v) is 15.1. The number of rotatable bonds is 5. The fraction of sp³-hybridized carbons (Fsp3) is 0.0476. The van der Waals surface area contributed by atoms with Crippen molar-refractivity contribution in [3.05, 3.63) is 89.4 Å². The fourth-order valence-electron chi connectivity index (χ4n) is 2.28. The van der Waals surface area contributed by atoms with Crippen LogP contribution < -0.4 is 15.4 Å². The van der Waals surface area contributed by atoms with Crippen LogP contribution in [0.25, 0.3) is 0 Å². The first-order valence-electron chi connectivity index (χ1n) is 8.27. The highest BCUT2D eigenvalue weighted by molar-refractivity contribution is 6.39. The molecule has 0 aliphatic rings. The van der Waals surface area contributed by atoms with Crippen LogP contribution in [0.15, 0.2) is 78.9 Å². The molecule has 27 heavy (non-hydrogen) atoms. The number of benzene rings is 3. The topological polar surface area (TPSA) is 67.4 Å². The lowest BCUT2D eigenvalue weighted by molar-refractivity contribution is -0.136. The summed E-state index contributed by atoms with van der Waals surface area (Å²) in [6.07, 6.45) is 0. The third-order valence-corrected chi connectivity index (χ3v) is 3.92. The zero-order chi connectivity index (χ0) is 19.1. The van der Waals surface area contributed by atoms with Crippen LogP contribution in [-0.2, 0) is 16.1 Å². The van der Waals surface area contributed by atoms with Gasteiger partial charge in [0.2, 0.25) is 0 Å². The smallest absolute Gasteiger partial charge is 0.313 e. The Kier molecular flexibility index (Phi) is 6.07. The van der Waals surface area contributed by atoms with Gasteiger partial charge in [-0.1, -0.05) is 41.9 Å². The van der Waals surface area contributed by atoms with E-state index in [1.54, 1.807) is 48.5 Å². The number of halogens is 1. The van der Waals surface area contributed by atoms with Crippen molar-refractivity contribution < 1.29 is 14.3 Å². The standard InChI is InChI=1S/C21H17ClN2O3/c22-16-8-6-15(7-9-16)14-23-20(25)21(26)24-17-10-12-19(13-11-17)27-18-4-2-1-3-5-18/h1-13H,14H2,(H,23,25)(H,24,26). The van der Waals surface area contributed by atoms with E-state index in [0.29, 0.717) is 16.5 Å². The predicted molar refractivity (Wildman–Crippen MR) is 105 cm³/mol. The van der Waals surface area contributed by atoms with E-state index in [1.807, 2.05) is 30.3 Å². The molecule has 3 aromatic carbocycles. The average Bonchev–Trinajstić information content (AvgIpc) is 2.69. The van der Waals surface area contributed by atoms with Gasteiger partial charge in [0, 0.05) is 17.3 Å². The minimum absolute atomic E-state index is 0.243. The van der Waals surface area contributed by atoms with E-state index in [0.717, 1.165) is 11.3 Å². The van der Waals surface area contributed by atoms with Gasteiger partial charge in [0.15, 0.2) is 0 Å². The molecule has 2 amide bonds. The maximum Gasteiger partial charge on any atom is 0.313 e. The molecule has 0 saturated carbocycles. The molecule has 0 aliphatic heterocycles. The predicted octanol–water partition coefficient (Wildman–Crippen LogP) is 4.39. The molecule has 0 bridgehead atoms. The Balaban J connectivity index is 1.51. The van der Waals surface area contributed by atoms with Crippen molar-refractivity contribution in [2.24, 2.45) is 0 Å². The number of ether oxygens (including phenoxy) is 1. The number of nitrogens with one attached hydrogen (secondary N) is 2. The lowest BCUT2D eigenvalue weighted by Crippen LogP contribution is -2.34. The van der Waals surface area contributed by atoms with E-state index in [9.17, 15) is 9.59 Å². The van der Waals surface area contributed by atoms with Gasteiger partial charge in [0.05, 0.1) is 0 Å². The van der Waals surface area contributed by atoms with Crippen molar-refractivity contribution in [3.63, 3.8) is 0 Å². The Labute approximate surface area is 161 Å². The van der Waals surface area contributed by atoms with Crippen molar-refractivity contribution in [3.8, 4) is 11.5 Å². The van der Waals surface area contributed by atoms with E-state index in [1.165, 1.54) is 0 Å². The normalized spacial score (nSPS) is 10.1. The molecule has 0 unspecified atom stereocenters. The van der Waals surface area contributed by atoms with E-state index in [2.05, 4.69) is 10.6 Å². The van der Waals surface area contributed by atoms with Crippen molar-refractivity contribution in [2.45, 2.75) is 6.54 Å². The molecule has 3 aromatic rings. The maximum absolute atomic E-state index is 12.0. The molecule has 0 aliphatic carbocycles. The molecular weight excluding hydrogens is 364 g/mol. The summed E-state index contributed by atoms with van der Waals surface area (Å²) in [7, 11) is 0. The summed E-state index contributed by atoms with van der Waals surface area (Å²) in [4.78, 5) is 23.9. The highest BCUT2D eigenvalue weighted by atomic mass is 35.5. The van der Waals surface area contributed by atoms with Gasteiger partial charge in [-0.15, -0.1) is 0 Å². The van der Waals surface area contributed by atoms with Gasteiger partial charge < -0.3 is 15.4 Å². The van der Waals surface area contributed by atoms with Gasteiger partial charge >= 0.3 is 11.8 Å². The van der Waals surface area contributed by atoms with E-state index < -0.39 is 11.8 Å². The molecule has 5 nitrogen and oxygen atoms in total. The molecule has 2 N–H and O–H groups in total. The number of carbonyl (C=O) groups is 2. The maximum atomic E-state index is 12.0. The van der Waals surface area contributed by atoms with Crippen molar-refractivity contribution in [1.82, 2.24) is 5.32 Å². The number of carbonyl (C=O) groups excluding carboxylic acids is 2. The fourth-order valence-corrected chi connectivity index (χ4v) is 2.41. The minimum Gasteiger partial charge on any atom is -0.457 e. The van der Waals surface area contributed by atoms with Crippen LogP contribution in [-0.4, -0.2) is 11.8 Å². The summed E-state index contributed by atoms with van der Waals surface area (Å²) in [5.41, 5.74) is 1.35. The first-order valence-corrected chi connectivity index (χ1v) is 8.64. The van der Waals surface area contributed by atoms with Crippen LogP contribution in [0.5, 0.6) is 11.5 Å². The van der Waals surface area contributed by atoms with Gasteiger partial charge in [-0.3, -0.25) is 9.59 Å². The molecule has 136 valence electrons. The first kappa shape index (κ1) is 18.5. The highest BCUT2D eigenvalue weighted by Gasteiger charge is 2.13. The second kappa shape index (κ2) is 8.87. The third kappa shape index (κ3) is 5.59. The highest BCUT2D eigenvalue weighted by Crippen LogP contribution is 2.22. The monoisotopic (exact) mass is 380 g/mol. The average molecular weight is 381 g/mol. The van der Waals surface area contributed by atoms with Gasteiger partial charge in [-0.25, -0.2) is 0 Å². The largest absolute Gasteiger partial charge is 0.457 e. The Morgan fingerprint density at radius 1 is 0.778 bits per heavy atom. The van der Waals surface area contributed by atoms with E-state index in [4.69, 9.17) is 16.3 Å². The molecule has 0 atom stereocenters. The second-order valence-corrected chi connectivity index (χ2v) is 6.14. The molecule has 0 radical (unpaired) electrons. The molecule has 6 heteroatoms. The van der Waals surface area contributed by atoms with Crippen molar-refractivity contribution >= 4 is 29.1 Å². The van der Waals surface area contributed by atoms with Gasteiger partial charge in [-0.05, 0) is 54.1 Å². The quantitative estimate of drug-likeness (QED) is 0.645. The molecule has 0 spiro atoms. The van der Waals surface area contributed by atoms with Gasteiger partial charge in [0.1, 0.15) is 11.5 Å². The van der Waals surface area contributed by atoms with Crippen LogP contribution >= 0.6 is 11.6 Å². The Bertz CT molecular complexity index is 910. The van der Waals surface area contributed by atoms with Crippen LogP contribution in [0.4, 0.5) is 5.69 Å². The van der Waals surface area contributed by atoms with Crippen LogP contribution in [0.1, 0.15) is 5.56 Å². The Morgan fingerprint density at radius 2 is 1.41 bits per heavy atom. The molecule has 0 saturated heterocycles. The third-order valence-electron chi connectivity index (χ3n) is 3.66. The summed E-state index contributed by atoms with van der Waals surface area (Å²) < 4.78 is 5.68. The summed E-state index contributed by atoms with van der Waals surface area (Å²) in [6.45, 7) is 0.243. The zero-order valence-electron chi connectivity index (χ0n) is 14.3. The molecule has 3 rings (SSSR count). The van der Waals surface area contributed by atoms with Gasteiger partial charge in [-0.2, -0.15) is 0 Å². The van der Waals surface area contributed by atoms with E-state index >= 15 is 0 Å². The number of anilines is 1. The van der Waals surface area contributed by atoms with Crippen LogP contribution in [0.3, 0.4) is 0 Å². The number of para-hydroxylation sites is 1. The summed E-state index contributed by atoms with van der Waals surface area (Å²) in [6, 6.07) is 23.2. The first-order chi connectivity index (χ1) is 13.1. The molecular formula is C21H17ClN2O3. The Hall–Kier alpha value is -3.31. The number of hydrogen-bond donors (Lipinski definition) is 2. The Morgan fingerprint density at radius 3 is 2.07 bits per heavy atom. The lowest BCUT2D eigenvalue weighted by atomic mass is 10.2. The summed E-state index contributed by atoms with van der Waals surface area (Å²) in [5, 5.41) is 5.73. The molecule has 0 fully saturated rings. The van der Waals surface area contributed by atoms with Gasteiger partial charge in [0.25, 0.3) is 0 Å². The SMILES string of the molecule is O=C(NCc1ccc(Cl)cc1)C(=O)Nc1ccc(Oc2ccccc2)cc1. The second-order valence-electron chi connectivity index (χ2n) is 5.70. The summed E-state index contributed by atoms with van der Waals surface area (Å²) in [5.74, 6) is -0.0995. The molecule has 0 aromatic heterocycles. The van der Waals surface area contributed by atoms with E-state index in [-0.39, 0.29) is 6.54 Å². The molecule has 0 heterocycles. The van der Waals surface area contributed by atoms with Crippen LogP contribution in [0.2, 0.25) is 5.02 Å². The van der Waals surface area contributed by atoms with Crippen LogP contribution in [0, 0.1) is 0 Å². The number of hydrogen-bond acceptors (Lipinski definition) is 3. The number of amides is 2. The van der Waals surface area contributed by atoms with Crippen molar-refractivity contribution in [2.75, 3.05) is 5.32 Å². The lowest BCUT2D eigenvalue weighted by Gasteiger charge is -2.08. The van der Waals surface area contributed by atoms with Crippen molar-refractivity contribution in [1.29, 1.82) is 0 Å².